The lowest BCUT2D eigenvalue weighted by Gasteiger charge is -2.07. The molecule has 0 aliphatic heterocycles. The Hall–Kier alpha value is -1.94. The lowest BCUT2D eigenvalue weighted by Crippen LogP contribution is -2.03. The molecule has 2 aromatic heterocycles. The predicted molar refractivity (Wildman–Crippen MR) is 63.8 cm³/mol. The number of aliphatic carboxylic acids is 1. The molecule has 0 fully saturated rings. The van der Waals surface area contributed by atoms with Gasteiger partial charge >= 0.3 is 5.97 Å². The topological polar surface area (TPSA) is 63.1 Å². The molecule has 86 valence electrons. The molecule has 0 saturated carbocycles. The lowest BCUT2D eigenvalue weighted by atomic mass is 10.0. The Labute approximate surface area is 103 Å². The Morgan fingerprint density at radius 2 is 1.94 bits per heavy atom. The zero-order valence-corrected chi connectivity index (χ0v) is 9.55. The predicted octanol–water partition coefficient (Wildman–Crippen LogP) is 2.42. The summed E-state index contributed by atoms with van der Waals surface area (Å²) in [5, 5.41) is 9.17. The SMILES string of the molecule is O=C(O)Cc1ccc(Cl)nc1-c1ccncc1. The average molecular weight is 249 g/mol. The molecule has 0 radical (unpaired) electrons. The highest BCUT2D eigenvalue weighted by atomic mass is 35.5. The summed E-state index contributed by atoms with van der Waals surface area (Å²) in [6.07, 6.45) is 3.17. The minimum atomic E-state index is -0.899. The van der Waals surface area contributed by atoms with Gasteiger partial charge in [0.1, 0.15) is 5.15 Å². The van der Waals surface area contributed by atoms with Crippen LogP contribution in [0.25, 0.3) is 11.3 Å². The van der Waals surface area contributed by atoms with E-state index in [1.165, 1.54) is 0 Å². The van der Waals surface area contributed by atoms with E-state index in [0.29, 0.717) is 16.4 Å². The van der Waals surface area contributed by atoms with Crippen LogP contribution in [-0.2, 0) is 11.2 Å². The van der Waals surface area contributed by atoms with E-state index in [1.807, 2.05) is 0 Å². The molecule has 0 aliphatic carbocycles. The molecular weight excluding hydrogens is 240 g/mol. The molecule has 17 heavy (non-hydrogen) atoms. The molecule has 0 atom stereocenters. The van der Waals surface area contributed by atoms with E-state index in [2.05, 4.69) is 9.97 Å². The van der Waals surface area contributed by atoms with Crippen LogP contribution in [0.15, 0.2) is 36.7 Å². The number of aromatic nitrogens is 2. The molecule has 0 aromatic carbocycles. The molecule has 2 rings (SSSR count). The number of carboxylic acid groups (broad SMARTS) is 1. The van der Waals surface area contributed by atoms with E-state index in [4.69, 9.17) is 16.7 Å². The van der Waals surface area contributed by atoms with E-state index in [-0.39, 0.29) is 6.42 Å². The Morgan fingerprint density at radius 3 is 2.59 bits per heavy atom. The molecule has 4 nitrogen and oxygen atoms in total. The van der Waals surface area contributed by atoms with Crippen molar-refractivity contribution in [3.8, 4) is 11.3 Å². The fraction of sp³-hybridized carbons (Fsp3) is 0.0833. The summed E-state index contributed by atoms with van der Waals surface area (Å²) in [7, 11) is 0. The van der Waals surface area contributed by atoms with Crippen molar-refractivity contribution >= 4 is 17.6 Å². The standard InChI is InChI=1S/C12H9ClN2O2/c13-10-2-1-9(7-11(16)17)12(15-10)8-3-5-14-6-4-8/h1-6H,7H2,(H,16,17). The van der Waals surface area contributed by atoms with Gasteiger partial charge in [-0.15, -0.1) is 0 Å². The van der Waals surface area contributed by atoms with Crippen LogP contribution in [0.5, 0.6) is 0 Å². The summed E-state index contributed by atoms with van der Waals surface area (Å²) in [4.78, 5) is 18.8. The number of hydrogen-bond donors (Lipinski definition) is 1. The summed E-state index contributed by atoms with van der Waals surface area (Å²) >= 11 is 5.83. The van der Waals surface area contributed by atoms with Gasteiger partial charge in [0.15, 0.2) is 0 Å². The number of hydrogen-bond acceptors (Lipinski definition) is 3. The molecular formula is C12H9ClN2O2. The van der Waals surface area contributed by atoms with Crippen molar-refractivity contribution < 1.29 is 9.90 Å². The third-order valence-corrected chi connectivity index (χ3v) is 2.45. The first-order valence-corrected chi connectivity index (χ1v) is 5.32. The van der Waals surface area contributed by atoms with E-state index in [0.717, 1.165) is 5.56 Å². The zero-order chi connectivity index (χ0) is 12.3. The molecule has 1 N–H and O–H groups in total. The van der Waals surface area contributed by atoms with Gasteiger partial charge in [0, 0.05) is 18.0 Å². The maximum Gasteiger partial charge on any atom is 0.307 e. The van der Waals surface area contributed by atoms with Gasteiger partial charge < -0.3 is 5.11 Å². The fourth-order valence-electron chi connectivity index (χ4n) is 1.53. The Bertz CT molecular complexity index is 543. The first kappa shape index (κ1) is 11.5. The smallest absolute Gasteiger partial charge is 0.307 e. The Balaban J connectivity index is 2.51. The summed E-state index contributed by atoms with van der Waals surface area (Å²) in [6.45, 7) is 0. The summed E-state index contributed by atoms with van der Waals surface area (Å²) in [5.41, 5.74) is 2.02. The van der Waals surface area contributed by atoms with Crippen LogP contribution in [0, 0.1) is 0 Å². The van der Waals surface area contributed by atoms with Crippen LogP contribution in [0.2, 0.25) is 5.15 Å². The summed E-state index contributed by atoms with van der Waals surface area (Å²) in [6, 6.07) is 6.80. The average Bonchev–Trinajstić information content (AvgIpc) is 2.32. The molecule has 0 aliphatic rings. The van der Waals surface area contributed by atoms with Gasteiger partial charge in [-0.1, -0.05) is 17.7 Å². The van der Waals surface area contributed by atoms with Gasteiger partial charge in [0.2, 0.25) is 0 Å². The first-order chi connectivity index (χ1) is 8.16. The van der Waals surface area contributed by atoms with Crippen molar-refractivity contribution in [2.75, 3.05) is 0 Å². The van der Waals surface area contributed by atoms with Gasteiger partial charge in [-0.2, -0.15) is 0 Å². The van der Waals surface area contributed by atoms with Crippen molar-refractivity contribution in [1.82, 2.24) is 9.97 Å². The van der Waals surface area contributed by atoms with Crippen molar-refractivity contribution in [2.45, 2.75) is 6.42 Å². The van der Waals surface area contributed by atoms with E-state index < -0.39 is 5.97 Å². The highest BCUT2D eigenvalue weighted by Gasteiger charge is 2.10. The number of pyridine rings is 2. The zero-order valence-electron chi connectivity index (χ0n) is 8.80. The molecule has 0 unspecified atom stereocenters. The van der Waals surface area contributed by atoms with Crippen LogP contribution >= 0.6 is 11.6 Å². The Kier molecular flexibility index (Phi) is 3.35. The van der Waals surface area contributed by atoms with E-state index in [1.54, 1.807) is 36.7 Å². The molecule has 0 bridgehead atoms. The third kappa shape index (κ3) is 2.79. The first-order valence-electron chi connectivity index (χ1n) is 4.94. The van der Waals surface area contributed by atoms with Crippen molar-refractivity contribution in [3.05, 3.63) is 47.4 Å². The van der Waals surface area contributed by atoms with E-state index in [9.17, 15) is 4.79 Å². The number of rotatable bonds is 3. The lowest BCUT2D eigenvalue weighted by molar-refractivity contribution is -0.136. The largest absolute Gasteiger partial charge is 0.481 e. The number of carboxylic acids is 1. The molecule has 0 spiro atoms. The van der Waals surface area contributed by atoms with Gasteiger partial charge in [0.25, 0.3) is 0 Å². The van der Waals surface area contributed by atoms with Crippen LogP contribution in [0.4, 0.5) is 0 Å². The molecule has 0 amide bonds. The van der Waals surface area contributed by atoms with Crippen LogP contribution < -0.4 is 0 Å². The highest BCUT2D eigenvalue weighted by molar-refractivity contribution is 6.29. The molecule has 0 saturated heterocycles. The number of carbonyl (C=O) groups is 1. The minimum absolute atomic E-state index is 0.0815. The second-order valence-corrected chi connectivity index (χ2v) is 3.84. The quantitative estimate of drug-likeness (QED) is 0.848. The van der Waals surface area contributed by atoms with E-state index >= 15 is 0 Å². The van der Waals surface area contributed by atoms with Gasteiger partial charge in [0.05, 0.1) is 12.1 Å². The highest BCUT2D eigenvalue weighted by Crippen LogP contribution is 2.23. The normalized spacial score (nSPS) is 10.2. The summed E-state index contributed by atoms with van der Waals surface area (Å²) < 4.78 is 0. The molecule has 2 aromatic rings. The summed E-state index contributed by atoms with van der Waals surface area (Å²) in [5.74, 6) is -0.899. The van der Waals surface area contributed by atoms with Crippen LogP contribution in [-0.4, -0.2) is 21.0 Å². The van der Waals surface area contributed by atoms with Crippen LogP contribution in [0.1, 0.15) is 5.56 Å². The van der Waals surface area contributed by atoms with Crippen molar-refractivity contribution in [3.63, 3.8) is 0 Å². The molecule has 2 heterocycles. The van der Waals surface area contributed by atoms with Crippen LogP contribution in [0.3, 0.4) is 0 Å². The fourth-order valence-corrected chi connectivity index (χ4v) is 1.68. The maximum atomic E-state index is 10.8. The second kappa shape index (κ2) is 4.93. The number of nitrogens with zero attached hydrogens (tertiary/aromatic N) is 2. The number of halogens is 1. The van der Waals surface area contributed by atoms with Crippen molar-refractivity contribution in [2.24, 2.45) is 0 Å². The van der Waals surface area contributed by atoms with Crippen molar-refractivity contribution in [1.29, 1.82) is 0 Å². The monoisotopic (exact) mass is 248 g/mol. The minimum Gasteiger partial charge on any atom is -0.481 e. The second-order valence-electron chi connectivity index (χ2n) is 3.45. The van der Waals surface area contributed by atoms with Gasteiger partial charge in [-0.05, 0) is 23.8 Å². The molecule has 5 heteroatoms. The van der Waals surface area contributed by atoms with Gasteiger partial charge in [-0.25, -0.2) is 4.98 Å². The van der Waals surface area contributed by atoms with Gasteiger partial charge in [-0.3, -0.25) is 9.78 Å². The maximum absolute atomic E-state index is 10.8. The Morgan fingerprint density at radius 1 is 1.24 bits per heavy atom. The third-order valence-electron chi connectivity index (χ3n) is 2.24.